The van der Waals surface area contributed by atoms with Crippen molar-refractivity contribution in [2.24, 2.45) is 0 Å². The Bertz CT molecular complexity index is 205. The van der Waals surface area contributed by atoms with Crippen molar-refractivity contribution in [1.29, 1.82) is 0 Å². The summed E-state index contributed by atoms with van der Waals surface area (Å²) in [6.45, 7) is 1.72. The summed E-state index contributed by atoms with van der Waals surface area (Å²) < 4.78 is 0. The number of aliphatic carboxylic acids is 2. The van der Waals surface area contributed by atoms with Crippen molar-refractivity contribution in [3.8, 4) is 0 Å². The predicted octanol–water partition coefficient (Wildman–Crippen LogP) is 1.27. The molecule has 0 heterocycles. The van der Waals surface area contributed by atoms with Gasteiger partial charge < -0.3 is 10.2 Å². The van der Waals surface area contributed by atoms with E-state index in [0.717, 1.165) is 0 Å². The fraction of sp³-hybridized carbons (Fsp3) is 0.500. The van der Waals surface area contributed by atoms with Crippen LogP contribution < -0.4 is 0 Å². The summed E-state index contributed by atoms with van der Waals surface area (Å²) in [6, 6.07) is 0. The number of carbonyl (C=O) groups is 2. The first-order valence-corrected chi connectivity index (χ1v) is 3.72. The highest BCUT2D eigenvalue weighted by atomic mass is 16.4. The summed E-state index contributed by atoms with van der Waals surface area (Å²) in [4.78, 5) is 20.5. The highest BCUT2D eigenvalue weighted by molar-refractivity contribution is 5.86. The topological polar surface area (TPSA) is 74.6 Å². The van der Waals surface area contributed by atoms with Crippen molar-refractivity contribution in [3.05, 3.63) is 11.6 Å². The third kappa shape index (κ3) is 4.49. The molecule has 0 fully saturated rings. The van der Waals surface area contributed by atoms with E-state index in [-0.39, 0.29) is 18.4 Å². The Hall–Kier alpha value is -1.32. The van der Waals surface area contributed by atoms with Gasteiger partial charge in [0, 0.05) is 12.0 Å². The average molecular weight is 172 g/mol. The molecule has 0 aliphatic heterocycles. The lowest BCUT2D eigenvalue weighted by atomic mass is 10.1. The number of hydrogen-bond acceptors (Lipinski definition) is 2. The van der Waals surface area contributed by atoms with Crippen molar-refractivity contribution in [2.45, 2.75) is 26.2 Å². The van der Waals surface area contributed by atoms with E-state index in [1.807, 2.05) is 0 Å². The predicted molar refractivity (Wildman–Crippen MR) is 42.9 cm³/mol. The normalized spacial score (nSPS) is 11.2. The van der Waals surface area contributed by atoms with Gasteiger partial charge in [-0.15, -0.1) is 0 Å². The van der Waals surface area contributed by atoms with Gasteiger partial charge in [-0.1, -0.05) is 13.0 Å². The van der Waals surface area contributed by atoms with E-state index in [4.69, 9.17) is 10.2 Å². The van der Waals surface area contributed by atoms with Crippen molar-refractivity contribution < 1.29 is 19.8 Å². The maximum atomic E-state index is 10.4. The van der Waals surface area contributed by atoms with Crippen molar-refractivity contribution in [3.63, 3.8) is 0 Å². The molecule has 12 heavy (non-hydrogen) atoms. The lowest BCUT2D eigenvalue weighted by Crippen LogP contribution is -2.00. The Kier molecular flexibility index (Phi) is 4.76. The second kappa shape index (κ2) is 5.35. The lowest BCUT2D eigenvalue weighted by Gasteiger charge is -1.95. The van der Waals surface area contributed by atoms with E-state index in [2.05, 4.69) is 0 Å². The van der Waals surface area contributed by atoms with Crippen molar-refractivity contribution in [1.82, 2.24) is 0 Å². The zero-order valence-electron chi connectivity index (χ0n) is 6.91. The highest BCUT2D eigenvalue weighted by Gasteiger charge is 2.03. The first kappa shape index (κ1) is 10.7. The molecule has 0 rings (SSSR count). The number of hydrogen-bond donors (Lipinski definition) is 2. The summed E-state index contributed by atoms with van der Waals surface area (Å²) in [5.41, 5.74) is 0.274. The van der Waals surface area contributed by atoms with Crippen molar-refractivity contribution >= 4 is 11.9 Å². The highest BCUT2D eigenvalue weighted by Crippen LogP contribution is 2.03. The molecule has 4 nitrogen and oxygen atoms in total. The standard InChI is InChI=1S/C8H12O4/c1-2-6(8(11)12)4-3-5-7(9)10/h4H,2-3,5H2,1H3,(H,9,10)(H,11,12)/b6-4-. The molecule has 4 heteroatoms. The Morgan fingerprint density at radius 1 is 1.33 bits per heavy atom. The van der Waals surface area contributed by atoms with Crippen LogP contribution in [0.1, 0.15) is 26.2 Å². The maximum absolute atomic E-state index is 10.4. The third-order valence-electron chi connectivity index (χ3n) is 1.40. The Labute approximate surface area is 70.5 Å². The molecule has 0 aromatic carbocycles. The van der Waals surface area contributed by atoms with Gasteiger partial charge in [0.2, 0.25) is 0 Å². The molecule has 0 unspecified atom stereocenters. The summed E-state index contributed by atoms with van der Waals surface area (Å²) in [7, 11) is 0. The van der Waals surface area contributed by atoms with Gasteiger partial charge >= 0.3 is 11.9 Å². The monoisotopic (exact) mass is 172 g/mol. The van der Waals surface area contributed by atoms with Crippen LogP contribution in [0.25, 0.3) is 0 Å². The molecule has 0 radical (unpaired) electrons. The average Bonchev–Trinajstić information content (AvgIpc) is 1.96. The Morgan fingerprint density at radius 2 is 1.92 bits per heavy atom. The van der Waals surface area contributed by atoms with Gasteiger partial charge in [-0.3, -0.25) is 4.79 Å². The van der Waals surface area contributed by atoms with Crippen LogP contribution in [0.4, 0.5) is 0 Å². The molecule has 0 bridgehead atoms. The van der Waals surface area contributed by atoms with Gasteiger partial charge in [-0.25, -0.2) is 4.79 Å². The summed E-state index contributed by atoms with van der Waals surface area (Å²) >= 11 is 0. The SMILES string of the molecule is CC/C(=C/CCC(=O)O)C(=O)O. The van der Waals surface area contributed by atoms with Crippen LogP contribution in [0.5, 0.6) is 0 Å². The smallest absolute Gasteiger partial charge is 0.331 e. The lowest BCUT2D eigenvalue weighted by molar-refractivity contribution is -0.137. The molecule has 0 saturated heterocycles. The quantitative estimate of drug-likeness (QED) is 0.612. The molecule has 0 atom stereocenters. The number of allylic oxidation sites excluding steroid dienone is 1. The number of rotatable bonds is 5. The number of carboxylic acids is 2. The molecule has 2 N–H and O–H groups in total. The largest absolute Gasteiger partial charge is 0.481 e. The molecule has 0 aliphatic rings. The Morgan fingerprint density at radius 3 is 2.25 bits per heavy atom. The summed E-state index contributed by atoms with van der Waals surface area (Å²) in [5.74, 6) is -1.88. The van der Waals surface area contributed by atoms with Gasteiger partial charge in [0.1, 0.15) is 0 Å². The number of carboxylic acid groups (broad SMARTS) is 2. The first-order chi connectivity index (χ1) is 5.57. The summed E-state index contributed by atoms with van der Waals surface area (Å²) in [5, 5.41) is 16.8. The van der Waals surface area contributed by atoms with E-state index in [9.17, 15) is 9.59 Å². The van der Waals surface area contributed by atoms with Crippen LogP contribution in [-0.4, -0.2) is 22.2 Å². The zero-order valence-corrected chi connectivity index (χ0v) is 6.91. The zero-order chi connectivity index (χ0) is 9.56. The first-order valence-electron chi connectivity index (χ1n) is 3.72. The van der Waals surface area contributed by atoms with E-state index in [1.165, 1.54) is 6.08 Å². The second-order valence-electron chi connectivity index (χ2n) is 2.32. The van der Waals surface area contributed by atoms with Crippen LogP contribution >= 0.6 is 0 Å². The fourth-order valence-corrected chi connectivity index (χ4v) is 0.753. The minimum absolute atomic E-state index is 0.0171. The molecule has 0 spiro atoms. The third-order valence-corrected chi connectivity index (χ3v) is 1.40. The maximum Gasteiger partial charge on any atom is 0.331 e. The van der Waals surface area contributed by atoms with Gasteiger partial charge in [-0.05, 0) is 12.8 Å². The molecule has 0 saturated carbocycles. The van der Waals surface area contributed by atoms with E-state index in [0.29, 0.717) is 6.42 Å². The van der Waals surface area contributed by atoms with E-state index >= 15 is 0 Å². The van der Waals surface area contributed by atoms with Crippen LogP contribution in [0, 0.1) is 0 Å². The molecular weight excluding hydrogens is 160 g/mol. The fourth-order valence-electron chi connectivity index (χ4n) is 0.753. The van der Waals surface area contributed by atoms with E-state index in [1.54, 1.807) is 6.92 Å². The molecule has 0 aliphatic carbocycles. The molecule has 0 aromatic rings. The molecule has 0 aromatic heterocycles. The van der Waals surface area contributed by atoms with E-state index < -0.39 is 11.9 Å². The minimum Gasteiger partial charge on any atom is -0.481 e. The van der Waals surface area contributed by atoms with Crippen LogP contribution in [-0.2, 0) is 9.59 Å². The molecule has 0 amide bonds. The molecule has 68 valence electrons. The minimum atomic E-state index is -0.970. The summed E-state index contributed by atoms with van der Waals surface area (Å²) in [6.07, 6.45) is 2.15. The Balaban J connectivity index is 3.95. The van der Waals surface area contributed by atoms with Crippen LogP contribution in [0.3, 0.4) is 0 Å². The van der Waals surface area contributed by atoms with Crippen LogP contribution in [0.15, 0.2) is 11.6 Å². The van der Waals surface area contributed by atoms with Gasteiger partial charge in [0.25, 0.3) is 0 Å². The van der Waals surface area contributed by atoms with Gasteiger partial charge in [0.05, 0.1) is 0 Å². The van der Waals surface area contributed by atoms with Gasteiger partial charge in [0.15, 0.2) is 0 Å². The second-order valence-corrected chi connectivity index (χ2v) is 2.32. The molecular formula is C8H12O4. The van der Waals surface area contributed by atoms with Crippen LogP contribution in [0.2, 0.25) is 0 Å². The van der Waals surface area contributed by atoms with Crippen molar-refractivity contribution in [2.75, 3.05) is 0 Å². The van der Waals surface area contributed by atoms with Gasteiger partial charge in [-0.2, -0.15) is 0 Å².